The SMILES string of the molecule is NCc1ccccc1OCCN1C(=O)CNC1=O. The Kier molecular flexibility index (Phi) is 3.78. The average molecular weight is 249 g/mol. The van der Waals surface area contributed by atoms with E-state index in [1.807, 2.05) is 24.3 Å². The Morgan fingerprint density at radius 1 is 1.33 bits per heavy atom. The van der Waals surface area contributed by atoms with Crippen LogP contribution in [0, 0.1) is 0 Å². The first kappa shape index (κ1) is 12.4. The standard InChI is InChI=1S/C12H15N3O3/c13-7-9-3-1-2-4-10(9)18-6-5-15-11(16)8-14-12(15)17/h1-4H,5-8,13H2,(H,14,17). The zero-order chi connectivity index (χ0) is 13.0. The molecule has 0 aliphatic carbocycles. The van der Waals surface area contributed by atoms with Crippen LogP contribution in [0.15, 0.2) is 24.3 Å². The number of amides is 3. The molecule has 1 aromatic rings. The van der Waals surface area contributed by atoms with Gasteiger partial charge in [0.05, 0.1) is 13.1 Å². The number of nitrogens with one attached hydrogen (secondary N) is 1. The van der Waals surface area contributed by atoms with Crippen LogP contribution < -0.4 is 15.8 Å². The number of nitrogens with zero attached hydrogens (tertiary/aromatic N) is 1. The first-order valence-electron chi connectivity index (χ1n) is 5.71. The summed E-state index contributed by atoms with van der Waals surface area (Å²) < 4.78 is 5.53. The maximum absolute atomic E-state index is 11.3. The molecular formula is C12H15N3O3. The molecule has 0 saturated carbocycles. The van der Waals surface area contributed by atoms with Gasteiger partial charge in [-0.15, -0.1) is 0 Å². The zero-order valence-corrected chi connectivity index (χ0v) is 9.89. The van der Waals surface area contributed by atoms with Gasteiger partial charge in [0, 0.05) is 12.1 Å². The lowest BCUT2D eigenvalue weighted by Crippen LogP contribution is -2.34. The third kappa shape index (κ3) is 2.60. The first-order chi connectivity index (χ1) is 8.72. The van der Waals surface area contributed by atoms with Crippen molar-refractivity contribution >= 4 is 11.9 Å². The van der Waals surface area contributed by atoms with Gasteiger partial charge in [0.1, 0.15) is 12.4 Å². The first-order valence-corrected chi connectivity index (χ1v) is 5.71. The highest BCUT2D eigenvalue weighted by Crippen LogP contribution is 2.16. The van der Waals surface area contributed by atoms with E-state index in [2.05, 4.69) is 5.32 Å². The molecule has 2 rings (SSSR count). The molecule has 0 atom stereocenters. The summed E-state index contributed by atoms with van der Waals surface area (Å²) in [5.41, 5.74) is 6.48. The molecule has 3 amide bonds. The number of ether oxygens (including phenoxy) is 1. The molecule has 1 aliphatic rings. The summed E-state index contributed by atoms with van der Waals surface area (Å²) in [6.07, 6.45) is 0. The Hall–Kier alpha value is -2.08. The van der Waals surface area contributed by atoms with Gasteiger partial charge in [0.2, 0.25) is 5.91 Å². The van der Waals surface area contributed by atoms with Gasteiger partial charge in [-0.3, -0.25) is 9.69 Å². The Morgan fingerprint density at radius 2 is 2.11 bits per heavy atom. The number of urea groups is 1. The van der Waals surface area contributed by atoms with Gasteiger partial charge in [0.15, 0.2) is 0 Å². The number of carbonyl (C=O) groups is 2. The molecule has 0 radical (unpaired) electrons. The summed E-state index contributed by atoms with van der Waals surface area (Å²) in [5, 5.41) is 2.45. The quantitative estimate of drug-likeness (QED) is 0.723. The maximum atomic E-state index is 11.3. The van der Waals surface area contributed by atoms with Gasteiger partial charge in [-0.1, -0.05) is 18.2 Å². The van der Waals surface area contributed by atoms with E-state index in [0.29, 0.717) is 12.3 Å². The van der Waals surface area contributed by atoms with Crippen LogP contribution in [0.5, 0.6) is 5.75 Å². The van der Waals surface area contributed by atoms with Crippen LogP contribution in [-0.4, -0.2) is 36.5 Å². The third-order valence-corrected chi connectivity index (χ3v) is 2.70. The number of carbonyl (C=O) groups excluding carboxylic acids is 2. The van der Waals surface area contributed by atoms with Crippen molar-refractivity contribution in [2.45, 2.75) is 6.54 Å². The summed E-state index contributed by atoms with van der Waals surface area (Å²) >= 11 is 0. The molecular weight excluding hydrogens is 234 g/mol. The van der Waals surface area contributed by atoms with Crippen molar-refractivity contribution in [1.82, 2.24) is 10.2 Å². The highest BCUT2D eigenvalue weighted by atomic mass is 16.5. The van der Waals surface area contributed by atoms with Crippen LogP contribution in [-0.2, 0) is 11.3 Å². The summed E-state index contributed by atoms with van der Waals surface area (Å²) in [5.74, 6) is 0.461. The second-order valence-corrected chi connectivity index (χ2v) is 3.86. The smallest absolute Gasteiger partial charge is 0.324 e. The van der Waals surface area contributed by atoms with E-state index in [-0.39, 0.29) is 31.6 Å². The molecule has 0 unspecified atom stereocenters. The molecule has 1 aromatic carbocycles. The molecule has 96 valence electrons. The second kappa shape index (κ2) is 5.50. The average Bonchev–Trinajstić information content (AvgIpc) is 2.71. The minimum atomic E-state index is -0.365. The topological polar surface area (TPSA) is 84.7 Å². The van der Waals surface area contributed by atoms with E-state index in [1.54, 1.807) is 0 Å². The van der Waals surface area contributed by atoms with Crippen LogP contribution in [0.2, 0.25) is 0 Å². The van der Waals surface area contributed by atoms with E-state index in [1.165, 1.54) is 0 Å². The van der Waals surface area contributed by atoms with Gasteiger partial charge in [-0.2, -0.15) is 0 Å². The predicted molar refractivity (Wildman–Crippen MR) is 64.9 cm³/mol. The van der Waals surface area contributed by atoms with Crippen LogP contribution in [0.3, 0.4) is 0 Å². The zero-order valence-electron chi connectivity index (χ0n) is 9.89. The van der Waals surface area contributed by atoms with Crippen molar-refractivity contribution in [3.8, 4) is 5.75 Å². The third-order valence-electron chi connectivity index (χ3n) is 2.70. The maximum Gasteiger partial charge on any atom is 0.324 e. The molecule has 1 aliphatic heterocycles. The fourth-order valence-corrected chi connectivity index (χ4v) is 1.74. The second-order valence-electron chi connectivity index (χ2n) is 3.86. The number of imide groups is 1. The van der Waals surface area contributed by atoms with E-state index >= 15 is 0 Å². The van der Waals surface area contributed by atoms with E-state index in [9.17, 15) is 9.59 Å². The van der Waals surface area contributed by atoms with Crippen LogP contribution in [0.1, 0.15) is 5.56 Å². The number of rotatable bonds is 5. The van der Waals surface area contributed by atoms with Crippen molar-refractivity contribution in [3.63, 3.8) is 0 Å². The highest BCUT2D eigenvalue weighted by molar-refractivity contribution is 6.01. The number of para-hydroxylation sites is 1. The largest absolute Gasteiger partial charge is 0.491 e. The Morgan fingerprint density at radius 3 is 2.78 bits per heavy atom. The normalized spacial score (nSPS) is 14.8. The lowest BCUT2D eigenvalue weighted by atomic mass is 10.2. The lowest BCUT2D eigenvalue weighted by molar-refractivity contribution is -0.125. The summed E-state index contributed by atoms with van der Waals surface area (Å²) in [4.78, 5) is 23.7. The van der Waals surface area contributed by atoms with Gasteiger partial charge < -0.3 is 15.8 Å². The van der Waals surface area contributed by atoms with Gasteiger partial charge >= 0.3 is 6.03 Å². The van der Waals surface area contributed by atoms with Crippen molar-refractivity contribution < 1.29 is 14.3 Å². The summed E-state index contributed by atoms with van der Waals surface area (Å²) in [7, 11) is 0. The van der Waals surface area contributed by atoms with Crippen LogP contribution >= 0.6 is 0 Å². The highest BCUT2D eigenvalue weighted by Gasteiger charge is 2.27. The fraction of sp³-hybridized carbons (Fsp3) is 0.333. The molecule has 0 spiro atoms. The van der Waals surface area contributed by atoms with Gasteiger partial charge in [0.25, 0.3) is 0 Å². The lowest BCUT2D eigenvalue weighted by Gasteiger charge is -2.14. The van der Waals surface area contributed by atoms with Crippen molar-refractivity contribution in [1.29, 1.82) is 0 Å². The molecule has 0 aromatic heterocycles. The van der Waals surface area contributed by atoms with E-state index in [4.69, 9.17) is 10.5 Å². The predicted octanol–water partition coefficient (Wildman–Crippen LogP) is 0.0759. The van der Waals surface area contributed by atoms with E-state index < -0.39 is 0 Å². The number of hydrogen-bond donors (Lipinski definition) is 2. The van der Waals surface area contributed by atoms with Crippen LogP contribution in [0.25, 0.3) is 0 Å². The Bertz CT molecular complexity index is 446. The number of benzene rings is 1. The minimum Gasteiger partial charge on any atom is -0.491 e. The number of hydrogen-bond acceptors (Lipinski definition) is 4. The summed E-state index contributed by atoms with van der Waals surface area (Å²) in [6.45, 7) is 0.956. The van der Waals surface area contributed by atoms with Gasteiger partial charge in [-0.05, 0) is 6.07 Å². The summed E-state index contributed by atoms with van der Waals surface area (Å²) in [6, 6.07) is 7.06. The molecule has 0 bridgehead atoms. The van der Waals surface area contributed by atoms with E-state index in [0.717, 1.165) is 10.5 Å². The Labute approximate surface area is 105 Å². The monoisotopic (exact) mass is 249 g/mol. The van der Waals surface area contributed by atoms with Crippen LogP contribution in [0.4, 0.5) is 4.79 Å². The van der Waals surface area contributed by atoms with Crippen molar-refractivity contribution in [2.24, 2.45) is 5.73 Å². The Balaban J connectivity index is 1.88. The minimum absolute atomic E-state index is 0.0677. The van der Waals surface area contributed by atoms with Gasteiger partial charge in [-0.25, -0.2) is 4.79 Å². The van der Waals surface area contributed by atoms with Crippen molar-refractivity contribution in [3.05, 3.63) is 29.8 Å². The molecule has 1 saturated heterocycles. The number of nitrogens with two attached hydrogens (primary N) is 1. The van der Waals surface area contributed by atoms with Crippen molar-refractivity contribution in [2.75, 3.05) is 19.7 Å². The molecule has 3 N–H and O–H groups in total. The molecule has 18 heavy (non-hydrogen) atoms. The molecule has 6 nitrogen and oxygen atoms in total. The molecule has 6 heteroatoms. The fourth-order valence-electron chi connectivity index (χ4n) is 1.74. The molecule has 1 fully saturated rings. The molecule has 1 heterocycles.